The topological polar surface area (TPSA) is 59.8 Å². The van der Waals surface area contributed by atoms with Gasteiger partial charge in [-0.05, 0) is 55.7 Å². The van der Waals surface area contributed by atoms with E-state index in [1.807, 2.05) is 39.0 Å². The monoisotopic (exact) mass is 394 g/mol. The van der Waals surface area contributed by atoms with Crippen LogP contribution >= 0.6 is 11.3 Å². The smallest absolute Gasteiger partial charge is 0.229 e. The largest absolute Gasteiger partial charge is 0.310 e. The number of anilines is 1. The molecule has 1 N–H and O–H groups in total. The average molecular weight is 394 g/mol. The first-order valence-corrected chi connectivity index (χ1v) is 9.70. The number of carbonyl (C=O) groups excluding carboxylic acids is 1. The van der Waals surface area contributed by atoms with Crippen molar-refractivity contribution >= 4 is 33.3 Å². The molecule has 0 saturated carbocycles. The van der Waals surface area contributed by atoms with Gasteiger partial charge in [0, 0.05) is 6.07 Å². The summed E-state index contributed by atoms with van der Waals surface area (Å²) < 4.78 is 15.8. The number of aromatic nitrogens is 3. The molecule has 28 heavy (non-hydrogen) atoms. The number of rotatable bonds is 4. The number of fused-ring (bicyclic) bond motifs is 1. The highest BCUT2D eigenvalue weighted by Gasteiger charge is 2.15. The van der Waals surface area contributed by atoms with Crippen LogP contribution in [0.4, 0.5) is 10.2 Å². The molecule has 0 bridgehead atoms. The van der Waals surface area contributed by atoms with Gasteiger partial charge < -0.3 is 5.32 Å². The maximum Gasteiger partial charge on any atom is 0.229 e. The average Bonchev–Trinajstić information content (AvgIpc) is 3.20. The fourth-order valence-corrected chi connectivity index (χ4v) is 3.95. The molecular weight excluding hydrogens is 375 g/mol. The summed E-state index contributed by atoms with van der Waals surface area (Å²) >= 11 is 1.32. The lowest BCUT2D eigenvalue weighted by Gasteiger charge is -2.08. The standard InChI is InChI=1S/C21H19FN4OS/c1-12-4-5-15(8-13(12)2)10-20(27)24-19-9-14(3)25-26(19)21-23-17-7-6-16(22)11-18(17)28-21/h4-9,11H,10H2,1-3H3,(H,24,27). The Morgan fingerprint density at radius 3 is 2.71 bits per heavy atom. The SMILES string of the molecule is Cc1cc(NC(=O)Cc2ccc(C)c(C)c2)n(-c2nc3ccc(F)cc3s2)n1. The molecule has 0 radical (unpaired) electrons. The van der Waals surface area contributed by atoms with Crippen LogP contribution in [0, 0.1) is 26.6 Å². The number of amides is 1. The number of hydrogen-bond acceptors (Lipinski definition) is 4. The van der Waals surface area contributed by atoms with Crippen molar-refractivity contribution in [3.63, 3.8) is 0 Å². The molecule has 0 aliphatic carbocycles. The first kappa shape index (κ1) is 18.3. The maximum atomic E-state index is 13.5. The highest BCUT2D eigenvalue weighted by Crippen LogP contribution is 2.28. The van der Waals surface area contributed by atoms with E-state index in [0.717, 1.165) is 21.5 Å². The van der Waals surface area contributed by atoms with Gasteiger partial charge in [-0.1, -0.05) is 29.5 Å². The molecule has 0 atom stereocenters. The predicted molar refractivity (Wildman–Crippen MR) is 110 cm³/mol. The number of aryl methyl sites for hydroxylation is 3. The lowest BCUT2D eigenvalue weighted by molar-refractivity contribution is -0.115. The second kappa shape index (κ2) is 7.16. The second-order valence-corrected chi connectivity index (χ2v) is 7.84. The van der Waals surface area contributed by atoms with Crippen molar-refractivity contribution in [3.05, 3.63) is 70.7 Å². The van der Waals surface area contributed by atoms with Gasteiger partial charge in [0.25, 0.3) is 0 Å². The fourth-order valence-electron chi connectivity index (χ4n) is 3.00. The van der Waals surface area contributed by atoms with E-state index >= 15 is 0 Å². The molecule has 0 aliphatic heterocycles. The van der Waals surface area contributed by atoms with Crippen LogP contribution in [0.15, 0.2) is 42.5 Å². The van der Waals surface area contributed by atoms with Crippen molar-refractivity contribution in [2.45, 2.75) is 27.2 Å². The Hall–Kier alpha value is -3.06. The van der Waals surface area contributed by atoms with Gasteiger partial charge in [0.2, 0.25) is 11.0 Å². The molecule has 2 aromatic heterocycles. The van der Waals surface area contributed by atoms with Crippen LogP contribution in [-0.2, 0) is 11.2 Å². The normalized spacial score (nSPS) is 11.1. The molecular formula is C21H19FN4OS. The van der Waals surface area contributed by atoms with Crippen molar-refractivity contribution in [1.82, 2.24) is 14.8 Å². The molecule has 0 spiro atoms. The van der Waals surface area contributed by atoms with E-state index in [4.69, 9.17) is 0 Å². The third-order valence-corrected chi connectivity index (χ3v) is 5.55. The van der Waals surface area contributed by atoms with Gasteiger partial charge in [-0.25, -0.2) is 9.37 Å². The van der Waals surface area contributed by atoms with Crippen LogP contribution in [-0.4, -0.2) is 20.7 Å². The first-order chi connectivity index (χ1) is 13.4. The van der Waals surface area contributed by atoms with Crippen LogP contribution in [0.5, 0.6) is 0 Å². The molecule has 4 aromatic rings. The summed E-state index contributed by atoms with van der Waals surface area (Å²) in [6, 6.07) is 12.3. The van der Waals surface area contributed by atoms with Gasteiger partial charge in [0.15, 0.2) is 0 Å². The number of carbonyl (C=O) groups is 1. The molecule has 4 rings (SSSR count). The van der Waals surface area contributed by atoms with E-state index in [1.54, 1.807) is 16.8 Å². The molecule has 2 aromatic carbocycles. The predicted octanol–water partition coefficient (Wildman–Crippen LogP) is 4.73. The van der Waals surface area contributed by atoms with Gasteiger partial charge in [-0.2, -0.15) is 9.78 Å². The van der Waals surface area contributed by atoms with E-state index in [0.29, 0.717) is 16.5 Å². The molecule has 5 nitrogen and oxygen atoms in total. The van der Waals surface area contributed by atoms with Crippen LogP contribution in [0.1, 0.15) is 22.4 Å². The van der Waals surface area contributed by atoms with E-state index < -0.39 is 0 Å². The number of hydrogen-bond donors (Lipinski definition) is 1. The second-order valence-electron chi connectivity index (χ2n) is 6.83. The lowest BCUT2D eigenvalue weighted by Crippen LogP contribution is -2.17. The molecule has 2 heterocycles. The Kier molecular flexibility index (Phi) is 4.68. The maximum absolute atomic E-state index is 13.5. The lowest BCUT2D eigenvalue weighted by atomic mass is 10.0. The molecule has 1 amide bonds. The zero-order chi connectivity index (χ0) is 19.8. The molecule has 0 fully saturated rings. The van der Waals surface area contributed by atoms with E-state index in [2.05, 4.69) is 15.4 Å². The third-order valence-electron chi connectivity index (χ3n) is 4.56. The van der Waals surface area contributed by atoms with Gasteiger partial charge in [0.1, 0.15) is 11.6 Å². The van der Waals surface area contributed by atoms with Crippen LogP contribution < -0.4 is 5.32 Å². The minimum Gasteiger partial charge on any atom is -0.310 e. The van der Waals surface area contributed by atoms with Gasteiger partial charge >= 0.3 is 0 Å². The Balaban J connectivity index is 1.60. The van der Waals surface area contributed by atoms with Gasteiger partial charge in [-0.15, -0.1) is 0 Å². The third kappa shape index (κ3) is 3.66. The van der Waals surface area contributed by atoms with Crippen LogP contribution in [0.3, 0.4) is 0 Å². The number of thiazole rings is 1. The zero-order valence-electron chi connectivity index (χ0n) is 15.8. The Bertz CT molecular complexity index is 1190. The van der Waals surface area contributed by atoms with Crippen molar-refractivity contribution < 1.29 is 9.18 Å². The number of halogens is 1. The van der Waals surface area contributed by atoms with Crippen LogP contribution in [0.2, 0.25) is 0 Å². The molecule has 0 saturated heterocycles. The highest BCUT2D eigenvalue weighted by atomic mass is 32.1. The van der Waals surface area contributed by atoms with Gasteiger partial charge in [0.05, 0.1) is 22.3 Å². The summed E-state index contributed by atoms with van der Waals surface area (Å²) in [5.41, 5.74) is 4.77. The summed E-state index contributed by atoms with van der Waals surface area (Å²) in [6.45, 7) is 5.93. The summed E-state index contributed by atoms with van der Waals surface area (Å²) in [7, 11) is 0. The Morgan fingerprint density at radius 2 is 1.93 bits per heavy atom. The first-order valence-electron chi connectivity index (χ1n) is 8.88. The number of nitrogens with zero attached hydrogens (tertiary/aromatic N) is 3. The Labute approximate surface area is 165 Å². The van der Waals surface area contributed by atoms with E-state index in [-0.39, 0.29) is 18.1 Å². The van der Waals surface area contributed by atoms with Crippen molar-refractivity contribution in [2.75, 3.05) is 5.32 Å². The van der Waals surface area contributed by atoms with Crippen molar-refractivity contribution in [3.8, 4) is 5.13 Å². The summed E-state index contributed by atoms with van der Waals surface area (Å²) in [5, 5.41) is 7.94. The van der Waals surface area contributed by atoms with E-state index in [1.165, 1.54) is 29.0 Å². The van der Waals surface area contributed by atoms with Gasteiger partial charge in [-0.3, -0.25) is 4.79 Å². The summed E-state index contributed by atoms with van der Waals surface area (Å²) in [4.78, 5) is 17.1. The zero-order valence-corrected chi connectivity index (χ0v) is 16.6. The highest BCUT2D eigenvalue weighted by molar-refractivity contribution is 7.20. The fraction of sp³-hybridized carbons (Fsp3) is 0.190. The number of benzene rings is 2. The quantitative estimate of drug-likeness (QED) is 0.544. The summed E-state index contributed by atoms with van der Waals surface area (Å²) in [5.74, 6) is 0.115. The van der Waals surface area contributed by atoms with Crippen molar-refractivity contribution in [2.24, 2.45) is 0 Å². The molecule has 7 heteroatoms. The molecule has 0 aliphatic rings. The minimum absolute atomic E-state index is 0.128. The van der Waals surface area contributed by atoms with Crippen LogP contribution in [0.25, 0.3) is 15.3 Å². The molecule has 0 unspecified atom stereocenters. The molecule has 142 valence electrons. The van der Waals surface area contributed by atoms with E-state index in [9.17, 15) is 9.18 Å². The Morgan fingerprint density at radius 1 is 1.11 bits per heavy atom. The summed E-state index contributed by atoms with van der Waals surface area (Å²) in [6.07, 6.45) is 0.274. The number of nitrogens with one attached hydrogen (secondary N) is 1. The minimum atomic E-state index is -0.304. The van der Waals surface area contributed by atoms with Crippen molar-refractivity contribution in [1.29, 1.82) is 0 Å².